The second kappa shape index (κ2) is 10.3. The predicted molar refractivity (Wildman–Crippen MR) is 110 cm³/mol. The molecule has 0 spiro atoms. The van der Waals surface area contributed by atoms with E-state index in [9.17, 15) is 13.2 Å². The summed E-state index contributed by atoms with van der Waals surface area (Å²) in [7, 11) is 0. The summed E-state index contributed by atoms with van der Waals surface area (Å²) in [4.78, 5) is 11.0. The van der Waals surface area contributed by atoms with Gasteiger partial charge in [0.25, 0.3) is 0 Å². The molecule has 2 aromatic rings. The van der Waals surface area contributed by atoms with Crippen LogP contribution in [0, 0.1) is 5.92 Å². The van der Waals surface area contributed by atoms with Crippen molar-refractivity contribution < 1.29 is 22.7 Å². The molecule has 3 rings (SSSR count). The van der Waals surface area contributed by atoms with Crippen molar-refractivity contribution in [3.63, 3.8) is 0 Å². The molecule has 0 amide bonds. The van der Waals surface area contributed by atoms with E-state index < -0.39 is 11.7 Å². The molecular weight excluding hydrogens is 395 g/mol. The van der Waals surface area contributed by atoms with Gasteiger partial charge in [0.15, 0.2) is 0 Å². The molecule has 1 aromatic carbocycles. The molecule has 0 N–H and O–H groups in total. The summed E-state index contributed by atoms with van der Waals surface area (Å²) >= 11 is 0. The fourth-order valence-electron chi connectivity index (χ4n) is 3.38. The monoisotopic (exact) mass is 421 g/mol. The molecule has 0 atom stereocenters. The summed E-state index contributed by atoms with van der Waals surface area (Å²) in [5.74, 6) is 1.69. The summed E-state index contributed by atoms with van der Waals surface area (Å²) in [5.41, 5.74) is 0.282. The van der Waals surface area contributed by atoms with Crippen molar-refractivity contribution in [2.24, 2.45) is 11.1 Å². The van der Waals surface area contributed by atoms with E-state index in [0.29, 0.717) is 38.0 Å². The van der Waals surface area contributed by atoms with Crippen LogP contribution in [0.1, 0.15) is 37.3 Å². The molecule has 5 nitrogen and oxygen atoms in total. The molecule has 1 saturated heterocycles. The molecule has 2 heterocycles. The second-order valence-electron chi connectivity index (χ2n) is 7.19. The zero-order chi connectivity index (χ0) is 21.4. The Hall–Kier alpha value is -2.77. The third kappa shape index (κ3) is 6.37. The molecule has 1 aromatic heterocycles. The van der Waals surface area contributed by atoms with Gasteiger partial charge in [-0.2, -0.15) is 13.2 Å². The van der Waals surface area contributed by atoms with Crippen LogP contribution in [0.5, 0.6) is 5.75 Å². The summed E-state index contributed by atoms with van der Waals surface area (Å²) < 4.78 is 44.5. The minimum absolute atomic E-state index is 0.396. The predicted octanol–water partition coefficient (Wildman–Crippen LogP) is 5.16. The lowest BCUT2D eigenvalue weighted by molar-refractivity contribution is -0.137. The van der Waals surface area contributed by atoms with E-state index in [1.54, 1.807) is 6.21 Å². The summed E-state index contributed by atoms with van der Waals surface area (Å²) in [6.07, 6.45) is 1.27. The normalized spacial score (nSPS) is 15.5. The standard InChI is InChI=1S/C22H26F3N3O2/c1-2-30-27-16-18-3-5-20(6-4-18)29-14-10-17-8-12-28(13-9-17)21-15-19(7-11-26-21)22(23,24)25/h3-7,11,15-17H,2,8-10,12-14H2,1H3/b27-16+. The molecule has 0 unspecified atom stereocenters. The Bertz CT molecular complexity index is 817. The lowest BCUT2D eigenvalue weighted by Crippen LogP contribution is -2.34. The maximum Gasteiger partial charge on any atom is 0.416 e. The Balaban J connectivity index is 1.41. The van der Waals surface area contributed by atoms with Gasteiger partial charge in [-0.15, -0.1) is 0 Å². The van der Waals surface area contributed by atoms with Crippen molar-refractivity contribution in [1.29, 1.82) is 0 Å². The van der Waals surface area contributed by atoms with Gasteiger partial charge in [-0.05, 0) is 74.1 Å². The molecule has 8 heteroatoms. The fraction of sp³-hybridized carbons (Fsp3) is 0.455. The Morgan fingerprint density at radius 2 is 1.90 bits per heavy atom. The average molecular weight is 421 g/mol. The highest BCUT2D eigenvalue weighted by atomic mass is 19.4. The smallest absolute Gasteiger partial charge is 0.416 e. The minimum Gasteiger partial charge on any atom is -0.494 e. The van der Waals surface area contributed by atoms with Gasteiger partial charge < -0.3 is 14.5 Å². The highest BCUT2D eigenvalue weighted by Crippen LogP contribution is 2.32. The van der Waals surface area contributed by atoms with Gasteiger partial charge in [0.2, 0.25) is 0 Å². The van der Waals surface area contributed by atoms with Crippen molar-refractivity contribution in [1.82, 2.24) is 4.98 Å². The van der Waals surface area contributed by atoms with Crippen LogP contribution in [0.3, 0.4) is 0 Å². The highest BCUT2D eigenvalue weighted by molar-refractivity contribution is 5.79. The number of anilines is 1. The first-order valence-corrected chi connectivity index (χ1v) is 10.1. The molecule has 0 aliphatic carbocycles. The van der Waals surface area contributed by atoms with Crippen molar-refractivity contribution in [2.75, 3.05) is 31.2 Å². The Morgan fingerprint density at radius 3 is 2.57 bits per heavy atom. The zero-order valence-electron chi connectivity index (χ0n) is 16.9. The average Bonchev–Trinajstić information content (AvgIpc) is 2.75. The topological polar surface area (TPSA) is 47.0 Å². The van der Waals surface area contributed by atoms with Gasteiger partial charge in [-0.25, -0.2) is 4.98 Å². The van der Waals surface area contributed by atoms with Crippen molar-refractivity contribution in [2.45, 2.75) is 32.4 Å². The van der Waals surface area contributed by atoms with E-state index in [1.807, 2.05) is 36.1 Å². The molecule has 1 aliphatic heterocycles. The molecule has 0 bridgehead atoms. The quantitative estimate of drug-likeness (QED) is 0.437. The Morgan fingerprint density at radius 1 is 1.17 bits per heavy atom. The Kier molecular flexibility index (Phi) is 7.54. The maximum atomic E-state index is 12.9. The van der Waals surface area contributed by atoms with E-state index in [4.69, 9.17) is 9.57 Å². The number of ether oxygens (including phenoxy) is 1. The Labute approximate surface area is 174 Å². The summed E-state index contributed by atoms with van der Waals surface area (Å²) in [6, 6.07) is 9.76. The number of piperidine rings is 1. The molecule has 162 valence electrons. The van der Waals surface area contributed by atoms with Crippen LogP contribution in [0.2, 0.25) is 0 Å². The number of oxime groups is 1. The van der Waals surface area contributed by atoms with E-state index in [-0.39, 0.29) is 0 Å². The van der Waals surface area contributed by atoms with Crippen molar-refractivity contribution in [3.8, 4) is 5.75 Å². The van der Waals surface area contributed by atoms with E-state index >= 15 is 0 Å². The molecular formula is C22H26F3N3O2. The number of rotatable bonds is 8. The SMILES string of the molecule is CCO/N=C/c1ccc(OCCC2CCN(c3cc(C(F)(F)F)ccn3)CC2)cc1. The number of pyridine rings is 1. The van der Waals surface area contributed by atoms with Crippen LogP contribution in [0.25, 0.3) is 0 Å². The first kappa shape index (κ1) is 21.9. The van der Waals surface area contributed by atoms with Gasteiger partial charge in [0, 0.05) is 19.3 Å². The van der Waals surface area contributed by atoms with E-state index in [2.05, 4.69) is 10.1 Å². The molecule has 0 radical (unpaired) electrons. The number of alkyl halides is 3. The van der Waals surface area contributed by atoms with Gasteiger partial charge in [0.1, 0.15) is 18.2 Å². The fourth-order valence-corrected chi connectivity index (χ4v) is 3.38. The maximum absolute atomic E-state index is 12.9. The molecule has 0 saturated carbocycles. The third-order valence-corrected chi connectivity index (χ3v) is 5.09. The second-order valence-corrected chi connectivity index (χ2v) is 7.19. The number of benzene rings is 1. The lowest BCUT2D eigenvalue weighted by Gasteiger charge is -2.33. The third-order valence-electron chi connectivity index (χ3n) is 5.09. The zero-order valence-corrected chi connectivity index (χ0v) is 16.9. The molecule has 30 heavy (non-hydrogen) atoms. The number of aromatic nitrogens is 1. The lowest BCUT2D eigenvalue weighted by atomic mass is 9.94. The van der Waals surface area contributed by atoms with E-state index in [1.165, 1.54) is 6.20 Å². The van der Waals surface area contributed by atoms with Crippen molar-refractivity contribution in [3.05, 3.63) is 53.7 Å². The van der Waals surface area contributed by atoms with Crippen LogP contribution in [0.15, 0.2) is 47.8 Å². The van der Waals surface area contributed by atoms with Gasteiger partial charge in [-0.1, -0.05) is 5.16 Å². The van der Waals surface area contributed by atoms with Crippen LogP contribution >= 0.6 is 0 Å². The van der Waals surface area contributed by atoms with Gasteiger partial charge in [0.05, 0.1) is 18.4 Å². The van der Waals surface area contributed by atoms with Gasteiger partial charge in [-0.3, -0.25) is 0 Å². The highest BCUT2D eigenvalue weighted by Gasteiger charge is 2.31. The number of hydrogen-bond acceptors (Lipinski definition) is 5. The number of nitrogens with zero attached hydrogens (tertiary/aromatic N) is 3. The summed E-state index contributed by atoms with van der Waals surface area (Å²) in [5, 5.41) is 3.83. The van der Waals surface area contributed by atoms with Gasteiger partial charge >= 0.3 is 6.18 Å². The molecule has 1 aliphatic rings. The summed E-state index contributed by atoms with van der Waals surface area (Å²) in [6.45, 7) is 4.42. The van der Waals surface area contributed by atoms with E-state index in [0.717, 1.165) is 42.7 Å². The largest absolute Gasteiger partial charge is 0.494 e. The number of halogens is 3. The van der Waals surface area contributed by atoms with Crippen LogP contribution in [0.4, 0.5) is 19.0 Å². The van der Waals surface area contributed by atoms with Crippen LogP contribution < -0.4 is 9.64 Å². The van der Waals surface area contributed by atoms with Crippen LogP contribution in [-0.2, 0) is 11.0 Å². The number of hydrogen-bond donors (Lipinski definition) is 0. The van der Waals surface area contributed by atoms with Crippen molar-refractivity contribution >= 4 is 12.0 Å². The van der Waals surface area contributed by atoms with Crippen LogP contribution in [-0.4, -0.2) is 37.5 Å². The first-order chi connectivity index (χ1) is 14.5. The minimum atomic E-state index is -4.35. The first-order valence-electron chi connectivity index (χ1n) is 10.1. The molecule has 1 fully saturated rings.